The first-order valence-electron chi connectivity index (χ1n) is 12.6. The Kier molecular flexibility index (Phi) is 8.50. The van der Waals surface area contributed by atoms with Crippen molar-refractivity contribution in [3.8, 4) is 5.88 Å². The second kappa shape index (κ2) is 12.2. The zero-order chi connectivity index (χ0) is 26.5. The summed E-state index contributed by atoms with van der Waals surface area (Å²) in [5.74, 6) is 1.47. The molecular formula is C27H31N5O5S. The molecule has 3 aromatic rings. The molecule has 0 radical (unpaired) electrons. The number of carbonyl (C=O) groups excluding carboxylic acids is 1. The Morgan fingerprint density at radius 3 is 3.00 bits per heavy atom. The number of nitrogens with one attached hydrogen (secondary N) is 2. The van der Waals surface area contributed by atoms with Crippen molar-refractivity contribution in [2.24, 2.45) is 0 Å². The van der Waals surface area contributed by atoms with Crippen LogP contribution in [0.4, 0.5) is 5.82 Å². The van der Waals surface area contributed by atoms with Crippen LogP contribution >= 0.6 is 11.8 Å². The predicted octanol–water partition coefficient (Wildman–Crippen LogP) is 2.54. The fourth-order valence-corrected chi connectivity index (χ4v) is 5.44. The molecule has 1 fully saturated rings. The van der Waals surface area contributed by atoms with E-state index in [0.29, 0.717) is 30.4 Å². The van der Waals surface area contributed by atoms with Crippen LogP contribution in [0.5, 0.6) is 5.88 Å². The van der Waals surface area contributed by atoms with Crippen LogP contribution in [0.1, 0.15) is 30.5 Å². The first-order chi connectivity index (χ1) is 18.5. The van der Waals surface area contributed by atoms with Crippen LogP contribution in [-0.4, -0.2) is 74.9 Å². The van der Waals surface area contributed by atoms with Gasteiger partial charge >= 0.3 is 0 Å². The summed E-state index contributed by atoms with van der Waals surface area (Å²) >= 11 is 1.48. The average molecular weight is 538 g/mol. The van der Waals surface area contributed by atoms with Crippen molar-refractivity contribution in [2.75, 3.05) is 24.8 Å². The number of aliphatic hydroxyl groups excluding tert-OH is 2. The molecule has 11 heteroatoms. The van der Waals surface area contributed by atoms with Gasteiger partial charge in [0.25, 0.3) is 0 Å². The molecule has 1 amide bonds. The van der Waals surface area contributed by atoms with Crippen LogP contribution < -0.4 is 15.4 Å². The van der Waals surface area contributed by atoms with Gasteiger partial charge in [0.2, 0.25) is 11.8 Å². The molecule has 1 saturated heterocycles. The molecule has 0 aliphatic carbocycles. The van der Waals surface area contributed by atoms with Crippen molar-refractivity contribution in [1.82, 2.24) is 20.3 Å². The number of carbonyl (C=O) groups is 1. The van der Waals surface area contributed by atoms with Crippen molar-refractivity contribution in [1.29, 1.82) is 0 Å². The van der Waals surface area contributed by atoms with E-state index >= 15 is 0 Å². The standard InChI is InChI=1S/C27H31N5O5S/c1-36-25-9-7-21-26(32-25)16(10-11-28-21)2-4-19-5-6-20(22(37-19)12-18(34)14-33)29-13-17-3-8-23-27(30-17)31-24(35)15-38-23/h2-4,7-11,18-20,22,29,33-34H,5-6,12-15H2,1H3,(H,30,31,35)/b4-2+/t18?,19-,20-,22-/m1/s1. The highest BCUT2D eigenvalue weighted by atomic mass is 32.2. The third-order valence-electron chi connectivity index (χ3n) is 6.64. The monoisotopic (exact) mass is 537 g/mol. The van der Waals surface area contributed by atoms with Gasteiger partial charge in [-0.2, -0.15) is 0 Å². The highest BCUT2D eigenvalue weighted by Gasteiger charge is 2.31. The normalized spacial score (nSPS) is 22.3. The van der Waals surface area contributed by atoms with Gasteiger partial charge in [-0.05, 0) is 37.1 Å². The van der Waals surface area contributed by atoms with Gasteiger partial charge in [-0.25, -0.2) is 9.97 Å². The van der Waals surface area contributed by atoms with Gasteiger partial charge in [-0.3, -0.25) is 9.78 Å². The van der Waals surface area contributed by atoms with Crippen molar-refractivity contribution in [3.63, 3.8) is 0 Å². The number of amides is 1. The number of nitrogens with zero attached hydrogens (tertiary/aromatic N) is 3. The summed E-state index contributed by atoms with van der Waals surface area (Å²) in [7, 11) is 1.58. The summed E-state index contributed by atoms with van der Waals surface area (Å²) in [4.78, 5) is 26.2. The number of hydrogen-bond acceptors (Lipinski definition) is 10. The molecule has 2 aliphatic heterocycles. The maximum Gasteiger partial charge on any atom is 0.235 e. The Labute approximate surface area is 224 Å². The van der Waals surface area contributed by atoms with E-state index in [0.717, 1.165) is 40.0 Å². The minimum atomic E-state index is -0.873. The number of ether oxygens (including phenoxy) is 2. The molecular weight excluding hydrogens is 506 g/mol. The number of aliphatic hydroxyl groups is 2. The zero-order valence-corrected chi connectivity index (χ0v) is 21.9. The number of methoxy groups -OCH3 is 1. The van der Waals surface area contributed by atoms with Gasteiger partial charge in [-0.1, -0.05) is 12.2 Å². The van der Waals surface area contributed by atoms with Crippen LogP contribution in [-0.2, 0) is 16.1 Å². The second-order valence-electron chi connectivity index (χ2n) is 9.32. The lowest BCUT2D eigenvalue weighted by Crippen LogP contribution is -2.48. The predicted molar refractivity (Wildman–Crippen MR) is 145 cm³/mol. The lowest BCUT2D eigenvalue weighted by molar-refractivity contribution is -0.113. The van der Waals surface area contributed by atoms with Crippen LogP contribution in [0.3, 0.4) is 0 Å². The number of anilines is 1. The summed E-state index contributed by atoms with van der Waals surface area (Å²) in [5.41, 5.74) is 3.24. The van der Waals surface area contributed by atoms with Gasteiger partial charge < -0.3 is 30.3 Å². The molecule has 0 saturated carbocycles. The minimum absolute atomic E-state index is 0.0321. The molecule has 5 heterocycles. The van der Waals surface area contributed by atoms with Crippen molar-refractivity contribution >= 4 is 40.6 Å². The molecule has 200 valence electrons. The van der Waals surface area contributed by atoms with E-state index in [1.54, 1.807) is 19.4 Å². The lowest BCUT2D eigenvalue weighted by Gasteiger charge is -2.37. The molecule has 4 atom stereocenters. The van der Waals surface area contributed by atoms with Crippen LogP contribution in [0.25, 0.3) is 17.1 Å². The Morgan fingerprint density at radius 2 is 2.16 bits per heavy atom. The highest BCUT2D eigenvalue weighted by Crippen LogP contribution is 2.30. The van der Waals surface area contributed by atoms with E-state index in [-0.39, 0.29) is 30.8 Å². The number of aromatic nitrogens is 3. The first kappa shape index (κ1) is 26.5. The number of thioether (sulfide) groups is 1. The Bertz CT molecular complexity index is 1320. The Balaban J connectivity index is 1.26. The van der Waals surface area contributed by atoms with Crippen molar-refractivity contribution in [3.05, 3.63) is 53.9 Å². The summed E-state index contributed by atoms with van der Waals surface area (Å²) in [5, 5.41) is 26.0. The molecule has 0 bridgehead atoms. The largest absolute Gasteiger partial charge is 0.481 e. The molecule has 5 rings (SSSR count). The SMILES string of the molecule is COc1ccc2nccc(/C=C/[C@@H]3CC[C@@H](NCc4ccc5c(n4)NC(=O)CS5)[C@@H](CC(O)CO)O3)c2n1. The molecule has 0 aromatic carbocycles. The molecule has 3 aromatic heterocycles. The number of pyridine rings is 3. The van der Waals surface area contributed by atoms with E-state index in [1.165, 1.54) is 11.8 Å². The van der Waals surface area contributed by atoms with Gasteiger partial charge in [0.05, 0.1) is 59.4 Å². The summed E-state index contributed by atoms with van der Waals surface area (Å²) in [6.45, 7) is 0.165. The van der Waals surface area contributed by atoms with E-state index in [1.807, 2.05) is 36.4 Å². The van der Waals surface area contributed by atoms with E-state index < -0.39 is 6.10 Å². The molecule has 4 N–H and O–H groups in total. The van der Waals surface area contributed by atoms with E-state index in [9.17, 15) is 15.0 Å². The topological polar surface area (TPSA) is 139 Å². The zero-order valence-electron chi connectivity index (χ0n) is 21.0. The number of rotatable bonds is 9. The third kappa shape index (κ3) is 6.30. The van der Waals surface area contributed by atoms with Gasteiger partial charge in [-0.15, -0.1) is 11.8 Å². The fraction of sp³-hybridized carbons (Fsp3) is 0.407. The molecule has 0 spiro atoms. The number of fused-ring (bicyclic) bond motifs is 2. The third-order valence-corrected chi connectivity index (χ3v) is 7.69. The first-order valence-corrected chi connectivity index (χ1v) is 13.6. The summed E-state index contributed by atoms with van der Waals surface area (Å²) in [6.07, 6.45) is 6.31. The average Bonchev–Trinajstić information content (AvgIpc) is 2.94. The van der Waals surface area contributed by atoms with Crippen LogP contribution in [0, 0.1) is 0 Å². The van der Waals surface area contributed by atoms with Crippen LogP contribution in [0.15, 0.2) is 47.5 Å². The highest BCUT2D eigenvalue weighted by molar-refractivity contribution is 8.00. The maximum atomic E-state index is 11.7. The van der Waals surface area contributed by atoms with Crippen molar-refractivity contribution < 1.29 is 24.5 Å². The Morgan fingerprint density at radius 1 is 1.26 bits per heavy atom. The molecule has 1 unspecified atom stereocenters. The minimum Gasteiger partial charge on any atom is -0.481 e. The summed E-state index contributed by atoms with van der Waals surface area (Å²) < 4.78 is 11.7. The fourth-order valence-electron chi connectivity index (χ4n) is 4.68. The Hall–Kier alpha value is -3.09. The molecule has 38 heavy (non-hydrogen) atoms. The van der Waals surface area contributed by atoms with Gasteiger partial charge in [0, 0.05) is 36.8 Å². The van der Waals surface area contributed by atoms with Gasteiger partial charge in [0.1, 0.15) is 5.82 Å². The summed E-state index contributed by atoms with van der Waals surface area (Å²) in [6, 6.07) is 9.45. The molecule has 10 nitrogen and oxygen atoms in total. The quantitative estimate of drug-likeness (QED) is 0.322. The van der Waals surface area contributed by atoms with Crippen LogP contribution in [0.2, 0.25) is 0 Å². The second-order valence-corrected chi connectivity index (χ2v) is 10.3. The van der Waals surface area contributed by atoms with Gasteiger partial charge in [0.15, 0.2) is 0 Å². The van der Waals surface area contributed by atoms with E-state index in [2.05, 4.69) is 25.6 Å². The van der Waals surface area contributed by atoms with E-state index in [4.69, 9.17) is 9.47 Å². The lowest BCUT2D eigenvalue weighted by atomic mass is 9.94. The smallest absolute Gasteiger partial charge is 0.235 e. The number of hydrogen-bond donors (Lipinski definition) is 4. The van der Waals surface area contributed by atoms with Crippen molar-refractivity contribution in [2.45, 2.75) is 55.1 Å². The maximum absolute atomic E-state index is 11.7. The molecule has 2 aliphatic rings.